The molecule has 130 valence electrons. The molecule has 0 saturated carbocycles. The van der Waals surface area contributed by atoms with Gasteiger partial charge in [0, 0.05) is 24.3 Å². The zero-order valence-corrected chi connectivity index (χ0v) is 14.2. The monoisotopic (exact) mass is 341 g/mol. The standard InChI is InChI=1S/C19H20FN3O2/c1-12-4-3-5-17(13(12)2)22-19(25)21-15-10-18(24)23(11-15)16-8-6-14(20)7-9-16/h3-9,15H,10-11H2,1-2H3,(H2,21,22,25). The van der Waals surface area contributed by atoms with Crippen LogP contribution < -0.4 is 15.5 Å². The maximum atomic E-state index is 13.0. The smallest absolute Gasteiger partial charge is 0.319 e. The lowest BCUT2D eigenvalue weighted by Crippen LogP contribution is -2.39. The Labute approximate surface area is 145 Å². The third-order valence-electron chi connectivity index (χ3n) is 4.45. The highest BCUT2D eigenvalue weighted by Crippen LogP contribution is 2.22. The predicted molar refractivity (Wildman–Crippen MR) is 95.2 cm³/mol. The number of urea groups is 1. The van der Waals surface area contributed by atoms with Crippen LogP contribution in [0.2, 0.25) is 0 Å². The molecule has 1 aliphatic heterocycles. The van der Waals surface area contributed by atoms with Crippen LogP contribution in [0.25, 0.3) is 0 Å². The van der Waals surface area contributed by atoms with Crippen molar-refractivity contribution in [2.75, 3.05) is 16.8 Å². The van der Waals surface area contributed by atoms with Crippen LogP contribution in [0.15, 0.2) is 42.5 Å². The molecule has 1 unspecified atom stereocenters. The van der Waals surface area contributed by atoms with Crippen LogP contribution in [-0.2, 0) is 4.79 Å². The van der Waals surface area contributed by atoms with Gasteiger partial charge in [-0.25, -0.2) is 9.18 Å². The predicted octanol–water partition coefficient (Wildman–Crippen LogP) is 3.37. The average molecular weight is 341 g/mol. The molecule has 0 bridgehead atoms. The molecule has 1 heterocycles. The fraction of sp³-hybridized carbons (Fsp3) is 0.263. The van der Waals surface area contributed by atoms with Crippen molar-refractivity contribution < 1.29 is 14.0 Å². The summed E-state index contributed by atoms with van der Waals surface area (Å²) in [5.74, 6) is -0.443. The number of hydrogen-bond acceptors (Lipinski definition) is 2. The van der Waals surface area contributed by atoms with Gasteiger partial charge in [0.2, 0.25) is 5.91 Å². The third-order valence-corrected chi connectivity index (χ3v) is 4.45. The van der Waals surface area contributed by atoms with E-state index in [1.54, 1.807) is 17.0 Å². The molecule has 1 fully saturated rings. The molecule has 2 N–H and O–H groups in total. The Bertz CT molecular complexity index is 805. The van der Waals surface area contributed by atoms with Crippen molar-refractivity contribution in [3.63, 3.8) is 0 Å². The Morgan fingerprint density at radius 2 is 1.88 bits per heavy atom. The van der Waals surface area contributed by atoms with E-state index >= 15 is 0 Å². The van der Waals surface area contributed by atoms with Gasteiger partial charge in [0.15, 0.2) is 0 Å². The second kappa shape index (κ2) is 6.93. The minimum atomic E-state index is -0.349. The first kappa shape index (κ1) is 17.0. The molecule has 1 aliphatic rings. The van der Waals surface area contributed by atoms with Gasteiger partial charge in [-0.05, 0) is 55.3 Å². The average Bonchev–Trinajstić information content (AvgIpc) is 2.93. The summed E-state index contributed by atoms with van der Waals surface area (Å²) in [7, 11) is 0. The van der Waals surface area contributed by atoms with E-state index < -0.39 is 0 Å². The van der Waals surface area contributed by atoms with Crippen LogP contribution in [0.4, 0.5) is 20.6 Å². The number of aryl methyl sites for hydroxylation is 1. The van der Waals surface area contributed by atoms with Gasteiger partial charge in [-0.1, -0.05) is 12.1 Å². The molecule has 5 nitrogen and oxygen atoms in total. The SMILES string of the molecule is Cc1cccc(NC(=O)NC2CC(=O)N(c3ccc(F)cc3)C2)c1C. The van der Waals surface area contributed by atoms with Crippen molar-refractivity contribution in [3.8, 4) is 0 Å². The molecular formula is C19H20FN3O2. The van der Waals surface area contributed by atoms with Crippen LogP contribution >= 0.6 is 0 Å². The molecule has 3 rings (SSSR count). The minimum Gasteiger partial charge on any atom is -0.333 e. The number of benzene rings is 2. The van der Waals surface area contributed by atoms with Gasteiger partial charge in [-0.2, -0.15) is 0 Å². The summed E-state index contributed by atoms with van der Waals surface area (Å²) in [4.78, 5) is 26.0. The lowest BCUT2D eigenvalue weighted by atomic mass is 10.1. The number of carbonyl (C=O) groups is 2. The van der Waals surface area contributed by atoms with Crippen LogP contribution in [-0.4, -0.2) is 24.5 Å². The van der Waals surface area contributed by atoms with Crippen molar-refractivity contribution in [1.29, 1.82) is 0 Å². The second-order valence-corrected chi connectivity index (χ2v) is 6.23. The van der Waals surface area contributed by atoms with Crippen molar-refractivity contribution in [2.24, 2.45) is 0 Å². The van der Waals surface area contributed by atoms with Gasteiger partial charge in [0.05, 0.1) is 6.04 Å². The van der Waals surface area contributed by atoms with Crippen LogP contribution in [0.5, 0.6) is 0 Å². The second-order valence-electron chi connectivity index (χ2n) is 6.23. The summed E-state index contributed by atoms with van der Waals surface area (Å²) in [6.07, 6.45) is 0.220. The number of carbonyl (C=O) groups excluding carboxylic acids is 2. The Balaban J connectivity index is 1.62. The summed E-state index contributed by atoms with van der Waals surface area (Å²) in [5.41, 5.74) is 3.48. The highest BCUT2D eigenvalue weighted by atomic mass is 19.1. The Kier molecular flexibility index (Phi) is 4.70. The van der Waals surface area contributed by atoms with Crippen LogP contribution in [0, 0.1) is 19.7 Å². The molecule has 1 saturated heterocycles. The number of halogens is 1. The highest BCUT2D eigenvalue weighted by molar-refractivity contribution is 5.97. The number of nitrogens with one attached hydrogen (secondary N) is 2. The number of amides is 3. The molecule has 3 amide bonds. The van der Waals surface area contributed by atoms with Crippen molar-refractivity contribution in [2.45, 2.75) is 26.3 Å². The van der Waals surface area contributed by atoms with Gasteiger partial charge in [0.25, 0.3) is 0 Å². The van der Waals surface area contributed by atoms with Crippen LogP contribution in [0.3, 0.4) is 0 Å². The summed E-state index contributed by atoms with van der Waals surface area (Å²) >= 11 is 0. The van der Waals surface area contributed by atoms with E-state index in [-0.39, 0.29) is 30.2 Å². The number of anilines is 2. The zero-order valence-electron chi connectivity index (χ0n) is 14.2. The summed E-state index contributed by atoms with van der Waals surface area (Å²) < 4.78 is 13.0. The third kappa shape index (κ3) is 3.79. The molecule has 1 atom stereocenters. The lowest BCUT2D eigenvalue weighted by Gasteiger charge is -2.18. The summed E-state index contributed by atoms with van der Waals surface area (Å²) in [5, 5.41) is 5.65. The van der Waals surface area contributed by atoms with E-state index in [9.17, 15) is 14.0 Å². The Morgan fingerprint density at radius 3 is 2.60 bits per heavy atom. The van der Waals surface area contributed by atoms with Gasteiger partial charge in [0.1, 0.15) is 5.82 Å². The molecule has 0 radical (unpaired) electrons. The minimum absolute atomic E-state index is 0.0938. The van der Waals surface area contributed by atoms with E-state index in [1.165, 1.54) is 12.1 Å². The molecule has 6 heteroatoms. The van der Waals surface area contributed by atoms with E-state index in [1.807, 2.05) is 32.0 Å². The van der Waals surface area contributed by atoms with Gasteiger partial charge in [-0.3, -0.25) is 4.79 Å². The molecular weight excluding hydrogens is 321 g/mol. The summed E-state index contributed by atoms with van der Waals surface area (Å²) in [6, 6.07) is 10.8. The topological polar surface area (TPSA) is 61.4 Å². The largest absolute Gasteiger partial charge is 0.333 e. The first-order chi connectivity index (χ1) is 11.9. The van der Waals surface area contributed by atoms with E-state index in [0.29, 0.717) is 12.2 Å². The number of nitrogens with zero attached hydrogens (tertiary/aromatic N) is 1. The first-order valence-corrected chi connectivity index (χ1v) is 8.13. The zero-order chi connectivity index (χ0) is 18.0. The highest BCUT2D eigenvalue weighted by Gasteiger charge is 2.31. The normalized spacial score (nSPS) is 16.8. The number of hydrogen-bond donors (Lipinski definition) is 2. The summed E-state index contributed by atoms with van der Waals surface area (Å²) in [6.45, 7) is 4.29. The van der Waals surface area contributed by atoms with Crippen molar-refractivity contribution in [3.05, 3.63) is 59.4 Å². The quantitative estimate of drug-likeness (QED) is 0.899. The first-order valence-electron chi connectivity index (χ1n) is 8.13. The van der Waals surface area contributed by atoms with E-state index in [2.05, 4.69) is 10.6 Å². The lowest BCUT2D eigenvalue weighted by molar-refractivity contribution is -0.117. The maximum Gasteiger partial charge on any atom is 0.319 e. The maximum absolute atomic E-state index is 13.0. The Morgan fingerprint density at radius 1 is 1.16 bits per heavy atom. The van der Waals surface area contributed by atoms with Gasteiger partial charge < -0.3 is 15.5 Å². The Hall–Kier alpha value is -2.89. The molecule has 0 aromatic heterocycles. The molecule has 2 aromatic carbocycles. The van der Waals surface area contributed by atoms with Crippen LogP contribution in [0.1, 0.15) is 17.5 Å². The van der Waals surface area contributed by atoms with Gasteiger partial charge in [-0.15, -0.1) is 0 Å². The number of rotatable bonds is 3. The van der Waals surface area contributed by atoms with Crippen molar-refractivity contribution in [1.82, 2.24) is 5.32 Å². The van der Waals surface area contributed by atoms with E-state index in [4.69, 9.17) is 0 Å². The molecule has 0 aliphatic carbocycles. The molecule has 0 spiro atoms. The molecule has 25 heavy (non-hydrogen) atoms. The fourth-order valence-corrected chi connectivity index (χ4v) is 2.91. The van der Waals surface area contributed by atoms with Crippen molar-refractivity contribution >= 4 is 23.3 Å². The van der Waals surface area contributed by atoms with Gasteiger partial charge >= 0.3 is 6.03 Å². The van der Waals surface area contributed by atoms with E-state index in [0.717, 1.165) is 16.8 Å². The fourth-order valence-electron chi connectivity index (χ4n) is 2.91. The molecule has 2 aromatic rings.